The van der Waals surface area contributed by atoms with Crippen molar-refractivity contribution in [3.8, 4) is 0 Å². The molecule has 0 aromatic carbocycles. The first-order valence-electron chi connectivity index (χ1n) is 7.38. The smallest absolute Gasteiger partial charge is 0.272 e. The molecule has 2 heterocycles. The number of nitrogens with zero attached hydrogens (tertiary/aromatic N) is 3. The van der Waals surface area contributed by atoms with E-state index in [1.165, 1.54) is 0 Å². The average molecular weight is 292 g/mol. The van der Waals surface area contributed by atoms with Gasteiger partial charge in [-0.1, -0.05) is 0 Å². The lowest BCUT2D eigenvalue weighted by atomic mass is 10.2. The minimum atomic E-state index is -0.0162. The van der Waals surface area contributed by atoms with E-state index in [1.807, 2.05) is 6.07 Å². The van der Waals surface area contributed by atoms with Gasteiger partial charge in [0, 0.05) is 19.6 Å². The summed E-state index contributed by atoms with van der Waals surface area (Å²) in [4.78, 5) is 20.4. The monoisotopic (exact) mass is 292 g/mol. The van der Waals surface area contributed by atoms with E-state index in [1.54, 1.807) is 17.2 Å². The largest absolute Gasteiger partial charge is 0.384 e. The Hall–Kier alpha value is -1.66. The minimum absolute atomic E-state index is 0.0162. The maximum absolute atomic E-state index is 12.2. The average Bonchev–Trinajstić information content (AvgIpc) is 2.52. The second-order valence-electron chi connectivity index (χ2n) is 5.42. The summed E-state index contributed by atoms with van der Waals surface area (Å²) in [5.74, 6) is -0.0162. The van der Waals surface area contributed by atoms with Crippen molar-refractivity contribution in [3.63, 3.8) is 0 Å². The molecule has 1 aromatic rings. The SMILES string of the molecule is CN(C)CCCNc1ccc(C(=O)N2CCOCC2)nc1. The zero-order valence-corrected chi connectivity index (χ0v) is 12.8. The topological polar surface area (TPSA) is 57.7 Å². The fraction of sp³-hybridized carbons (Fsp3) is 0.600. The van der Waals surface area contributed by atoms with Crippen LogP contribution in [0.5, 0.6) is 0 Å². The maximum Gasteiger partial charge on any atom is 0.272 e. The maximum atomic E-state index is 12.2. The van der Waals surface area contributed by atoms with E-state index >= 15 is 0 Å². The van der Waals surface area contributed by atoms with Gasteiger partial charge >= 0.3 is 0 Å². The van der Waals surface area contributed by atoms with Crippen molar-refractivity contribution in [1.29, 1.82) is 0 Å². The number of hydrogen-bond donors (Lipinski definition) is 1. The van der Waals surface area contributed by atoms with E-state index in [0.29, 0.717) is 32.0 Å². The molecule has 0 bridgehead atoms. The predicted molar refractivity (Wildman–Crippen MR) is 82.6 cm³/mol. The third-order valence-corrected chi connectivity index (χ3v) is 3.39. The summed E-state index contributed by atoms with van der Waals surface area (Å²) >= 11 is 0. The number of ether oxygens (including phenoxy) is 1. The number of anilines is 1. The Kier molecular flexibility index (Phi) is 5.95. The lowest BCUT2D eigenvalue weighted by molar-refractivity contribution is 0.0299. The zero-order valence-electron chi connectivity index (χ0n) is 12.8. The molecule has 0 aliphatic carbocycles. The first-order chi connectivity index (χ1) is 10.2. The molecule has 1 aromatic heterocycles. The Morgan fingerprint density at radius 2 is 2.14 bits per heavy atom. The van der Waals surface area contributed by atoms with E-state index < -0.39 is 0 Å². The molecule has 0 atom stereocenters. The summed E-state index contributed by atoms with van der Waals surface area (Å²) in [5, 5.41) is 3.31. The van der Waals surface area contributed by atoms with Crippen LogP contribution in [0.4, 0.5) is 5.69 Å². The van der Waals surface area contributed by atoms with E-state index in [9.17, 15) is 4.79 Å². The number of carbonyl (C=O) groups excluding carboxylic acids is 1. The Morgan fingerprint density at radius 3 is 2.76 bits per heavy atom. The van der Waals surface area contributed by atoms with Crippen molar-refractivity contribution < 1.29 is 9.53 Å². The number of aromatic nitrogens is 1. The second-order valence-corrected chi connectivity index (χ2v) is 5.42. The molecule has 116 valence electrons. The molecule has 1 fully saturated rings. The Bertz CT molecular complexity index is 441. The molecule has 6 heteroatoms. The minimum Gasteiger partial charge on any atom is -0.384 e. The number of carbonyl (C=O) groups is 1. The summed E-state index contributed by atoms with van der Waals surface area (Å²) in [7, 11) is 4.13. The van der Waals surface area contributed by atoms with Gasteiger partial charge in [0.05, 0.1) is 25.1 Å². The number of hydrogen-bond acceptors (Lipinski definition) is 5. The third-order valence-electron chi connectivity index (χ3n) is 3.39. The zero-order chi connectivity index (χ0) is 15.1. The van der Waals surface area contributed by atoms with Crippen molar-refractivity contribution >= 4 is 11.6 Å². The van der Waals surface area contributed by atoms with Crippen LogP contribution in [0.2, 0.25) is 0 Å². The summed E-state index contributed by atoms with van der Waals surface area (Å²) in [6.45, 7) is 4.45. The highest BCUT2D eigenvalue weighted by Gasteiger charge is 2.19. The Balaban J connectivity index is 1.82. The molecule has 0 spiro atoms. The van der Waals surface area contributed by atoms with Gasteiger partial charge in [-0.25, -0.2) is 4.98 Å². The van der Waals surface area contributed by atoms with Gasteiger partial charge in [-0.15, -0.1) is 0 Å². The lowest BCUT2D eigenvalue weighted by Gasteiger charge is -2.26. The Morgan fingerprint density at radius 1 is 1.38 bits per heavy atom. The summed E-state index contributed by atoms with van der Waals surface area (Å²) in [6, 6.07) is 3.70. The van der Waals surface area contributed by atoms with Gasteiger partial charge < -0.3 is 19.9 Å². The van der Waals surface area contributed by atoms with Gasteiger partial charge in [-0.3, -0.25) is 4.79 Å². The first kappa shape index (κ1) is 15.7. The summed E-state index contributed by atoms with van der Waals surface area (Å²) in [6.07, 6.45) is 2.80. The lowest BCUT2D eigenvalue weighted by Crippen LogP contribution is -2.41. The molecule has 1 amide bonds. The standard InChI is InChI=1S/C15H24N4O2/c1-18(2)7-3-6-16-13-4-5-14(17-12-13)15(20)19-8-10-21-11-9-19/h4-5,12,16H,3,6-11H2,1-2H3. The third kappa shape index (κ3) is 4.99. The van der Waals surface area contributed by atoms with Crippen LogP contribution in [0.3, 0.4) is 0 Å². The number of nitrogens with one attached hydrogen (secondary N) is 1. The van der Waals surface area contributed by atoms with Crippen LogP contribution in [-0.4, -0.2) is 74.2 Å². The highest BCUT2D eigenvalue weighted by molar-refractivity contribution is 5.92. The first-order valence-corrected chi connectivity index (χ1v) is 7.38. The highest BCUT2D eigenvalue weighted by Crippen LogP contribution is 2.09. The Labute approximate surface area is 126 Å². The van der Waals surface area contributed by atoms with Crippen LogP contribution in [0, 0.1) is 0 Å². The van der Waals surface area contributed by atoms with Gasteiger partial charge in [-0.05, 0) is 39.2 Å². The van der Waals surface area contributed by atoms with Gasteiger partial charge in [0.2, 0.25) is 0 Å². The van der Waals surface area contributed by atoms with Crippen LogP contribution in [0.25, 0.3) is 0 Å². The van der Waals surface area contributed by atoms with Gasteiger partial charge in [-0.2, -0.15) is 0 Å². The molecule has 1 aliphatic rings. The molecule has 21 heavy (non-hydrogen) atoms. The summed E-state index contributed by atoms with van der Waals surface area (Å²) < 4.78 is 5.25. The molecule has 2 rings (SSSR count). The highest BCUT2D eigenvalue weighted by atomic mass is 16.5. The van der Waals surface area contributed by atoms with Crippen molar-refractivity contribution in [2.24, 2.45) is 0 Å². The number of rotatable bonds is 6. The van der Waals surface area contributed by atoms with Crippen molar-refractivity contribution in [3.05, 3.63) is 24.0 Å². The van der Waals surface area contributed by atoms with Crippen molar-refractivity contribution in [1.82, 2.24) is 14.8 Å². The molecule has 1 saturated heterocycles. The quantitative estimate of drug-likeness (QED) is 0.790. The number of pyridine rings is 1. The van der Waals surface area contributed by atoms with Gasteiger partial charge in [0.1, 0.15) is 5.69 Å². The number of morpholine rings is 1. The molecule has 0 radical (unpaired) electrons. The van der Waals surface area contributed by atoms with E-state index in [0.717, 1.165) is 25.2 Å². The van der Waals surface area contributed by atoms with Crippen molar-refractivity contribution in [2.75, 3.05) is 58.8 Å². The molecule has 0 saturated carbocycles. The predicted octanol–water partition coefficient (Wildman–Crippen LogP) is 0.918. The fourth-order valence-corrected chi connectivity index (χ4v) is 2.18. The molecule has 1 aliphatic heterocycles. The van der Waals surface area contributed by atoms with Crippen LogP contribution >= 0.6 is 0 Å². The van der Waals surface area contributed by atoms with Crippen molar-refractivity contribution in [2.45, 2.75) is 6.42 Å². The van der Waals surface area contributed by atoms with E-state index in [-0.39, 0.29) is 5.91 Å². The normalized spacial score (nSPS) is 15.3. The van der Waals surface area contributed by atoms with Gasteiger partial charge in [0.25, 0.3) is 5.91 Å². The molecular weight excluding hydrogens is 268 g/mol. The van der Waals surface area contributed by atoms with Crippen LogP contribution < -0.4 is 5.32 Å². The number of amides is 1. The van der Waals surface area contributed by atoms with Crippen LogP contribution in [0.15, 0.2) is 18.3 Å². The molecule has 6 nitrogen and oxygen atoms in total. The van der Waals surface area contributed by atoms with Crippen LogP contribution in [0.1, 0.15) is 16.9 Å². The fourth-order valence-electron chi connectivity index (χ4n) is 2.18. The van der Waals surface area contributed by atoms with Gasteiger partial charge in [0.15, 0.2) is 0 Å². The van der Waals surface area contributed by atoms with Crippen LogP contribution in [-0.2, 0) is 4.74 Å². The molecular formula is C15H24N4O2. The summed E-state index contributed by atoms with van der Waals surface area (Å²) in [5.41, 5.74) is 1.45. The molecule has 0 unspecified atom stereocenters. The molecule has 1 N–H and O–H groups in total. The van der Waals surface area contributed by atoms with E-state index in [2.05, 4.69) is 29.3 Å². The van der Waals surface area contributed by atoms with E-state index in [4.69, 9.17) is 4.74 Å². The second kappa shape index (κ2) is 7.95.